The monoisotopic (exact) mass is 601 g/mol. The summed E-state index contributed by atoms with van der Waals surface area (Å²) in [5.74, 6) is 1.58. The van der Waals surface area contributed by atoms with E-state index in [9.17, 15) is 9.59 Å². The predicted molar refractivity (Wildman–Crippen MR) is 154 cm³/mol. The topological polar surface area (TPSA) is 117 Å². The van der Waals surface area contributed by atoms with Crippen molar-refractivity contribution in [2.75, 3.05) is 32.4 Å². The number of benzene rings is 3. The Hall–Kier alpha value is -3.93. The van der Waals surface area contributed by atoms with Gasteiger partial charge < -0.3 is 24.8 Å². The number of amides is 2. The fourth-order valence-corrected chi connectivity index (χ4v) is 4.68. The van der Waals surface area contributed by atoms with Gasteiger partial charge in [-0.2, -0.15) is 0 Å². The number of nitrogens with one attached hydrogen (secondary N) is 2. The third kappa shape index (κ3) is 6.98. The summed E-state index contributed by atoms with van der Waals surface area (Å²) < 4.78 is 17.4. The number of hydrogen-bond acceptors (Lipinski definition) is 8. The SMILES string of the molecule is COc1ccc(C(=O)NCc2nnc(SCC(=O)Nc3ccc(OC)cc3OC)n2-c2ccc(Cl)c(Cl)c2)cc1. The van der Waals surface area contributed by atoms with Crippen molar-refractivity contribution in [1.29, 1.82) is 0 Å². The number of hydrogen-bond donors (Lipinski definition) is 2. The molecule has 40 heavy (non-hydrogen) atoms. The normalized spacial score (nSPS) is 10.6. The first kappa shape index (κ1) is 29.1. The molecule has 1 aromatic heterocycles. The second-order valence-electron chi connectivity index (χ2n) is 8.15. The van der Waals surface area contributed by atoms with Crippen molar-refractivity contribution in [1.82, 2.24) is 20.1 Å². The van der Waals surface area contributed by atoms with Gasteiger partial charge in [0.1, 0.15) is 17.2 Å². The molecule has 3 aromatic carbocycles. The van der Waals surface area contributed by atoms with Gasteiger partial charge in [0.2, 0.25) is 5.91 Å². The highest BCUT2D eigenvalue weighted by atomic mass is 35.5. The molecule has 13 heteroatoms. The van der Waals surface area contributed by atoms with Crippen LogP contribution in [-0.2, 0) is 11.3 Å². The first-order valence-corrected chi connectivity index (χ1v) is 13.5. The molecule has 4 rings (SSSR count). The molecule has 4 aromatic rings. The van der Waals surface area contributed by atoms with Crippen LogP contribution in [0.25, 0.3) is 5.69 Å². The van der Waals surface area contributed by atoms with Gasteiger partial charge in [-0.1, -0.05) is 35.0 Å². The molecule has 0 saturated carbocycles. The van der Waals surface area contributed by atoms with Crippen LogP contribution in [0.2, 0.25) is 10.0 Å². The van der Waals surface area contributed by atoms with E-state index in [2.05, 4.69) is 20.8 Å². The maximum absolute atomic E-state index is 12.8. The molecule has 0 atom stereocenters. The Morgan fingerprint density at radius 3 is 2.27 bits per heavy atom. The number of aromatic nitrogens is 3. The lowest BCUT2D eigenvalue weighted by molar-refractivity contribution is -0.113. The number of methoxy groups -OCH3 is 3. The van der Waals surface area contributed by atoms with E-state index in [1.807, 2.05) is 0 Å². The number of carbonyl (C=O) groups is 2. The van der Waals surface area contributed by atoms with Gasteiger partial charge in [0.25, 0.3) is 5.91 Å². The number of thioether (sulfide) groups is 1. The van der Waals surface area contributed by atoms with Crippen molar-refractivity contribution in [3.63, 3.8) is 0 Å². The van der Waals surface area contributed by atoms with E-state index in [1.165, 1.54) is 18.9 Å². The van der Waals surface area contributed by atoms with Crippen LogP contribution in [0.15, 0.2) is 65.8 Å². The van der Waals surface area contributed by atoms with Gasteiger partial charge in [0.15, 0.2) is 11.0 Å². The highest BCUT2D eigenvalue weighted by molar-refractivity contribution is 7.99. The van der Waals surface area contributed by atoms with Crippen LogP contribution in [0, 0.1) is 0 Å². The molecule has 0 radical (unpaired) electrons. The molecule has 0 bridgehead atoms. The standard InChI is InChI=1S/C27H25Cl2N5O5S/c1-37-18-7-4-16(5-8-18)26(36)30-14-24-32-33-27(34(24)17-6-10-20(28)21(29)12-17)40-15-25(35)31-22-11-9-19(38-2)13-23(22)39-3/h4-13H,14-15H2,1-3H3,(H,30,36)(H,31,35). The van der Waals surface area contributed by atoms with Gasteiger partial charge >= 0.3 is 0 Å². The number of rotatable bonds is 11. The first-order valence-electron chi connectivity index (χ1n) is 11.8. The van der Waals surface area contributed by atoms with E-state index in [0.29, 0.717) is 55.2 Å². The van der Waals surface area contributed by atoms with E-state index in [0.717, 1.165) is 0 Å². The van der Waals surface area contributed by atoms with Crippen LogP contribution in [0.1, 0.15) is 16.2 Å². The average molecular weight is 603 g/mol. The number of halogens is 2. The van der Waals surface area contributed by atoms with E-state index >= 15 is 0 Å². The molecule has 0 fully saturated rings. The lowest BCUT2D eigenvalue weighted by atomic mass is 10.2. The molecule has 1 heterocycles. The van der Waals surface area contributed by atoms with E-state index in [4.69, 9.17) is 37.4 Å². The molecule has 10 nitrogen and oxygen atoms in total. The molecule has 2 amide bonds. The first-order chi connectivity index (χ1) is 19.3. The van der Waals surface area contributed by atoms with Gasteiger partial charge in [-0.05, 0) is 54.6 Å². The largest absolute Gasteiger partial charge is 0.497 e. The minimum atomic E-state index is -0.298. The highest BCUT2D eigenvalue weighted by Gasteiger charge is 2.19. The molecular weight excluding hydrogens is 577 g/mol. The predicted octanol–water partition coefficient (Wildman–Crippen LogP) is 5.26. The van der Waals surface area contributed by atoms with Crippen molar-refractivity contribution in [2.45, 2.75) is 11.7 Å². The second-order valence-corrected chi connectivity index (χ2v) is 9.90. The number of carbonyl (C=O) groups excluding carboxylic acids is 2. The highest BCUT2D eigenvalue weighted by Crippen LogP contribution is 2.31. The zero-order chi connectivity index (χ0) is 28.6. The summed E-state index contributed by atoms with van der Waals surface area (Å²) in [7, 11) is 4.61. The van der Waals surface area contributed by atoms with Crippen molar-refractivity contribution in [3.05, 3.63) is 82.1 Å². The molecule has 2 N–H and O–H groups in total. The smallest absolute Gasteiger partial charge is 0.251 e. The summed E-state index contributed by atoms with van der Waals surface area (Å²) in [6, 6.07) is 16.9. The van der Waals surface area contributed by atoms with E-state index in [1.54, 1.807) is 79.5 Å². The third-order valence-electron chi connectivity index (χ3n) is 5.64. The minimum absolute atomic E-state index is 0.0207. The Morgan fingerprint density at radius 2 is 1.60 bits per heavy atom. The summed E-state index contributed by atoms with van der Waals surface area (Å²) in [5.41, 5.74) is 1.58. The average Bonchev–Trinajstić information content (AvgIpc) is 3.39. The van der Waals surface area contributed by atoms with Crippen molar-refractivity contribution < 1.29 is 23.8 Å². The molecule has 0 spiro atoms. The third-order valence-corrected chi connectivity index (χ3v) is 7.30. The Bertz CT molecular complexity index is 1510. The zero-order valence-electron chi connectivity index (χ0n) is 21.7. The summed E-state index contributed by atoms with van der Waals surface area (Å²) >= 11 is 13.6. The number of nitrogens with zero attached hydrogens (tertiary/aromatic N) is 3. The van der Waals surface area contributed by atoms with Gasteiger partial charge in [-0.25, -0.2) is 0 Å². The van der Waals surface area contributed by atoms with Crippen LogP contribution in [0.3, 0.4) is 0 Å². The summed E-state index contributed by atoms with van der Waals surface area (Å²) in [6.07, 6.45) is 0. The molecule has 0 saturated heterocycles. The van der Waals surface area contributed by atoms with E-state index in [-0.39, 0.29) is 24.1 Å². The fourth-order valence-electron chi connectivity index (χ4n) is 3.61. The summed E-state index contributed by atoms with van der Waals surface area (Å²) in [5, 5.41) is 15.3. The molecular formula is C27H25Cl2N5O5S. The minimum Gasteiger partial charge on any atom is -0.497 e. The fraction of sp³-hybridized carbons (Fsp3) is 0.185. The zero-order valence-corrected chi connectivity index (χ0v) is 24.1. The van der Waals surface area contributed by atoms with Crippen molar-refractivity contribution in [3.8, 4) is 22.9 Å². The van der Waals surface area contributed by atoms with E-state index < -0.39 is 0 Å². The molecule has 0 aliphatic carbocycles. The molecule has 208 valence electrons. The van der Waals surface area contributed by atoms with Crippen LogP contribution in [0.4, 0.5) is 5.69 Å². The van der Waals surface area contributed by atoms with Crippen LogP contribution in [-0.4, -0.2) is 53.7 Å². The van der Waals surface area contributed by atoms with Gasteiger partial charge in [0, 0.05) is 11.6 Å². The number of anilines is 1. The maximum atomic E-state index is 12.8. The Morgan fingerprint density at radius 1 is 0.875 bits per heavy atom. The van der Waals surface area contributed by atoms with Gasteiger partial charge in [-0.3, -0.25) is 14.2 Å². The van der Waals surface area contributed by atoms with Crippen molar-refractivity contribution in [2.24, 2.45) is 0 Å². The van der Waals surface area contributed by atoms with Crippen molar-refractivity contribution >= 4 is 52.5 Å². The second kappa shape index (κ2) is 13.4. The lowest BCUT2D eigenvalue weighted by Gasteiger charge is -2.13. The van der Waals surface area contributed by atoms with Gasteiger partial charge in [0.05, 0.1) is 55.0 Å². The number of ether oxygens (including phenoxy) is 3. The summed E-state index contributed by atoms with van der Waals surface area (Å²) in [6.45, 7) is 0.0634. The van der Waals surface area contributed by atoms with Gasteiger partial charge in [-0.15, -0.1) is 10.2 Å². The molecule has 0 aliphatic heterocycles. The Labute approximate surface area is 244 Å². The maximum Gasteiger partial charge on any atom is 0.251 e. The Balaban J connectivity index is 1.52. The quantitative estimate of drug-likeness (QED) is 0.224. The molecule has 0 aliphatic rings. The summed E-state index contributed by atoms with van der Waals surface area (Å²) in [4.78, 5) is 25.5. The molecule has 0 unspecified atom stereocenters. The van der Waals surface area contributed by atoms with Crippen LogP contribution in [0.5, 0.6) is 17.2 Å². The van der Waals surface area contributed by atoms with Crippen LogP contribution < -0.4 is 24.8 Å². The lowest BCUT2D eigenvalue weighted by Crippen LogP contribution is -2.24. The Kier molecular flexibility index (Phi) is 9.75. The van der Waals surface area contributed by atoms with Crippen LogP contribution >= 0.6 is 35.0 Å².